The predicted molar refractivity (Wildman–Crippen MR) is 83.3 cm³/mol. The quantitative estimate of drug-likeness (QED) is 0.685. The Morgan fingerprint density at radius 1 is 1.19 bits per heavy atom. The molecule has 3 aliphatic carbocycles. The van der Waals surface area contributed by atoms with E-state index in [9.17, 15) is 9.90 Å². The first kappa shape index (κ1) is 15.3. The molecule has 3 saturated carbocycles. The number of carbonyl (C=O) groups is 1. The Balaban J connectivity index is 1.54. The summed E-state index contributed by atoms with van der Waals surface area (Å²) in [6, 6.07) is 0. The second-order valence-corrected chi connectivity index (χ2v) is 7.55. The maximum atomic E-state index is 11.7. The van der Waals surface area contributed by atoms with E-state index in [1.807, 2.05) is 7.05 Å². The van der Waals surface area contributed by atoms with Crippen LogP contribution in [0.5, 0.6) is 0 Å². The van der Waals surface area contributed by atoms with Crippen molar-refractivity contribution in [1.82, 2.24) is 10.2 Å². The number of rotatable bonds is 9. The van der Waals surface area contributed by atoms with Crippen LogP contribution in [0.1, 0.15) is 51.4 Å². The molecule has 0 aromatic rings. The fourth-order valence-electron chi connectivity index (χ4n) is 4.11. The van der Waals surface area contributed by atoms with E-state index in [0.29, 0.717) is 5.92 Å². The van der Waals surface area contributed by atoms with Gasteiger partial charge in [0.05, 0.1) is 0 Å². The van der Waals surface area contributed by atoms with Crippen LogP contribution >= 0.6 is 0 Å². The van der Waals surface area contributed by atoms with Crippen LogP contribution in [-0.2, 0) is 4.79 Å². The van der Waals surface area contributed by atoms with Crippen LogP contribution in [0.4, 0.5) is 0 Å². The van der Waals surface area contributed by atoms with Crippen LogP contribution in [0.2, 0.25) is 0 Å². The minimum absolute atomic E-state index is 0.293. The summed E-state index contributed by atoms with van der Waals surface area (Å²) in [5, 5.41) is 12.8. The highest BCUT2D eigenvalue weighted by molar-refractivity contribution is 5.79. The molecule has 3 aliphatic rings. The van der Waals surface area contributed by atoms with Gasteiger partial charge in [0.25, 0.3) is 0 Å². The molecule has 0 amide bonds. The SMILES string of the molecule is CNC1(C(=O)O)CCCC1CCN(CC1CC1)CC1CC1. The summed E-state index contributed by atoms with van der Waals surface area (Å²) >= 11 is 0. The van der Waals surface area contributed by atoms with E-state index in [2.05, 4.69) is 10.2 Å². The molecule has 0 heterocycles. The van der Waals surface area contributed by atoms with Gasteiger partial charge in [0, 0.05) is 13.1 Å². The third-order valence-electron chi connectivity index (χ3n) is 5.87. The molecule has 0 spiro atoms. The van der Waals surface area contributed by atoms with Gasteiger partial charge in [-0.25, -0.2) is 0 Å². The fourth-order valence-corrected chi connectivity index (χ4v) is 4.11. The van der Waals surface area contributed by atoms with Gasteiger partial charge in [-0.2, -0.15) is 0 Å². The highest BCUT2D eigenvalue weighted by Crippen LogP contribution is 2.39. The van der Waals surface area contributed by atoms with Gasteiger partial charge in [0.15, 0.2) is 0 Å². The van der Waals surface area contributed by atoms with Crippen LogP contribution < -0.4 is 5.32 Å². The van der Waals surface area contributed by atoms with Gasteiger partial charge in [0.1, 0.15) is 5.54 Å². The van der Waals surface area contributed by atoms with E-state index in [1.165, 1.54) is 38.8 Å². The van der Waals surface area contributed by atoms with Crippen molar-refractivity contribution in [3.8, 4) is 0 Å². The summed E-state index contributed by atoms with van der Waals surface area (Å²) in [7, 11) is 1.82. The number of hydrogen-bond donors (Lipinski definition) is 2. The molecule has 3 fully saturated rings. The van der Waals surface area contributed by atoms with Crippen molar-refractivity contribution in [2.24, 2.45) is 17.8 Å². The summed E-state index contributed by atoms with van der Waals surface area (Å²) in [6.45, 7) is 3.60. The molecule has 21 heavy (non-hydrogen) atoms. The molecule has 3 rings (SSSR count). The maximum Gasteiger partial charge on any atom is 0.324 e. The molecule has 0 aromatic heterocycles. The molecule has 2 unspecified atom stereocenters. The van der Waals surface area contributed by atoms with Crippen LogP contribution in [0, 0.1) is 17.8 Å². The smallest absolute Gasteiger partial charge is 0.324 e. The lowest BCUT2D eigenvalue weighted by molar-refractivity contribution is -0.146. The van der Waals surface area contributed by atoms with E-state index in [0.717, 1.165) is 44.1 Å². The van der Waals surface area contributed by atoms with E-state index in [4.69, 9.17) is 0 Å². The summed E-state index contributed by atoms with van der Waals surface area (Å²) in [6.07, 6.45) is 9.54. The van der Waals surface area contributed by atoms with Crippen molar-refractivity contribution in [3.05, 3.63) is 0 Å². The molecular formula is C17H30N2O2. The number of likely N-dealkylation sites (N-methyl/N-ethyl adjacent to an activating group) is 1. The fraction of sp³-hybridized carbons (Fsp3) is 0.941. The third-order valence-corrected chi connectivity index (χ3v) is 5.87. The van der Waals surface area contributed by atoms with Crippen LogP contribution in [0.15, 0.2) is 0 Å². The number of nitrogens with one attached hydrogen (secondary N) is 1. The van der Waals surface area contributed by atoms with Crippen molar-refractivity contribution in [2.75, 3.05) is 26.7 Å². The van der Waals surface area contributed by atoms with Crippen molar-refractivity contribution in [2.45, 2.75) is 56.9 Å². The maximum absolute atomic E-state index is 11.7. The zero-order valence-electron chi connectivity index (χ0n) is 13.3. The summed E-state index contributed by atoms with van der Waals surface area (Å²) < 4.78 is 0. The average Bonchev–Trinajstić information content (AvgIpc) is 3.38. The van der Waals surface area contributed by atoms with Crippen LogP contribution in [0.3, 0.4) is 0 Å². The topological polar surface area (TPSA) is 52.6 Å². The average molecular weight is 294 g/mol. The lowest BCUT2D eigenvalue weighted by atomic mass is 9.84. The Morgan fingerprint density at radius 3 is 2.29 bits per heavy atom. The van der Waals surface area contributed by atoms with Crippen LogP contribution in [-0.4, -0.2) is 48.2 Å². The normalized spacial score (nSPS) is 32.8. The van der Waals surface area contributed by atoms with Gasteiger partial charge < -0.3 is 15.3 Å². The highest BCUT2D eigenvalue weighted by atomic mass is 16.4. The van der Waals surface area contributed by atoms with Crippen molar-refractivity contribution < 1.29 is 9.90 Å². The van der Waals surface area contributed by atoms with E-state index < -0.39 is 11.5 Å². The van der Waals surface area contributed by atoms with E-state index in [1.54, 1.807) is 0 Å². The van der Waals surface area contributed by atoms with Crippen molar-refractivity contribution in [1.29, 1.82) is 0 Å². The standard InChI is InChI=1S/C17H30N2O2/c1-18-17(16(20)21)9-2-3-15(17)8-10-19(11-13-4-5-13)12-14-6-7-14/h13-15,18H,2-12H2,1H3,(H,20,21). The largest absolute Gasteiger partial charge is 0.480 e. The Kier molecular flexibility index (Phi) is 4.55. The summed E-state index contributed by atoms with van der Waals surface area (Å²) in [5.74, 6) is 1.51. The van der Waals surface area contributed by atoms with Gasteiger partial charge in [-0.05, 0) is 76.3 Å². The van der Waals surface area contributed by atoms with Crippen LogP contribution in [0.25, 0.3) is 0 Å². The lowest BCUT2D eigenvalue weighted by Crippen LogP contribution is -2.53. The molecule has 4 nitrogen and oxygen atoms in total. The second kappa shape index (κ2) is 6.25. The third kappa shape index (κ3) is 3.59. The minimum Gasteiger partial charge on any atom is -0.480 e. The summed E-state index contributed by atoms with van der Waals surface area (Å²) in [5.41, 5.74) is -0.662. The summed E-state index contributed by atoms with van der Waals surface area (Å²) in [4.78, 5) is 14.3. The molecule has 0 bridgehead atoms. The number of carboxylic acid groups (broad SMARTS) is 1. The zero-order valence-corrected chi connectivity index (χ0v) is 13.3. The Bertz CT molecular complexity index is 365. The van der Waals surface area contributed by atoms with Crippen molar-refractivity contribution >= 4 is 5.97 Å². The minimum atomic E-state index is -0.662. The van der Waals surface area contributed by atoms with Gasteiger partial charge in [-0.15, -0.1) is 0 Å². The molecule has 120 valence electrons. The monoisotopic (exact) mass is 294 g/mol. The Morgan fingerprint density at radius 2 is 1.81 bits per heavy atom. The zero-order chi connectivity index (χ0) is 14.9. The van der Waals surface area contributed by atoms with Gasteiger partial charge in [-0.3, -0.25) is 4.79 Å². The molecule has 0 aromatic carbocycles. The van der Waals surface area contributed by atoms with Gasteiger partial charge in [0.2, 0.25) is 0 Å². The molecule has 4 heteroatoms. The van der Waals surface area contributed by atoms with E-state index >= 15 is 0 Å². The number of aliphatic carboxylic acids is 1. The molecule has 0 radical (unpaired) electrons. The highest BCUT2D eigenvalue weighted by Gasteiger charge is 2.47. The first-order valence-electron chi connectivity index (χ1n) is 8.78. The lowest BCUT2D eigenvalue weighted by Gasteiger charge is -2.33. The number of nitrogens with zero attached hydrogens (tertiary/aromatic N) is 1. The van der Waals surface area contributed by atoms with Crippen molar-refractivity contribution in [3.63, 3.8) is 0 Å². The van der Waals surface area contributed by atoms with Gasteiger partial charge >= 0.3 is 5.97 Å². The number of hydrogen-bond acceptors (Lipinski definition) is 3. The Labute approximate surface area is 128 Å². The molecular weight excluding hydrogens is 264 g/mol. The molecule has 2 N–H and O–H groups in total. The van der Waals surface area contributed by atoms with Gasteiger partial charge in [-0.1, -0.05) is 6.42 Å². The molecule has 0 aliphatic heterocycles. The molecule has 2 atom stereocenters. The number of carboxylic acids is 1. The molecule has 0 saturated heterocycles. The predicted octanol–water partition coefficient (Wildman–Crippen LogP) is 2.34. The Hall–Kier alpha value is -0.610. The first-order chi connectivity index (χ1) is 10.1. The second-order valence-electron chi connectivity index (χ2n) is 7.55. The van der Waals surface area contributed by atoms with E-state index in [-0.39, 0.29) is 0 Å². The first-order valence-corrected chi connectivity index (χ1v) is 8.78.